The van der Waals surface area contributed by atoms with E-state index < -0.39 is 0 Å². The Labute approximate surface area is 239 Å². The van der Waals surface area contributed by atoms with E-state index in [0.29, 0.717) is 18.1 Å². The maximum absolute atomic E-state index is 5.91. The van der Waals surface area contributed by atoms with Gasteiger partial charge in [0.05, 0.1) is 6.61 Å². The molecule has 0 radical (unpaired) electrons. The molecule has 2 rings (SSSR count). The van der Waals surface area contributed by atoms with Crippen molar-refractivity contribution in [3.05, 3.63) is 24.3 Å². The van der Waals surface area contributed by atoms with Crippen LogP contribution in [0.15, 0.2) is 24.3 Å². The lowest BCUT2D eigenvalue weighted by atomic mass is 10.1. The molecule has 2 heterocycles. The van der Waals surface area contributed by atoms with Gasteiger partial charge < -0.3 is 36.5 Å². The van der Waals surface area contributed by atoms with Crippen LogP contribution in [-0.4, -0.2) is 74.5 Å². The largest absolute Gasteiger partial charge is 0.463 e. The predicted molar refractivity (Wildman–Crippen MR) is 168 cm³/mol. The second-order valence-corrected chi connectivity index (χ2v) is 10.2. The van der Waals surface area contributed by atoms with E-state index in [0.717, 1.165) is 64.3 Å². The van der Waals surface area contributed by atoms with Crippen molar-refractivity contribution in [3.8, 4) is 6.01 Å². The van der Waals surface area contributed by atoms with Gasteiger partial charge in [-0.15, -0.1) is 6.58 Å². The van der Waals surface area contributed by atoms with Gasteiger partial charge in [0.1, 0.15) is 5.69 Å². The van der Waals surface area contributed by atoms with E-state index in [4.69, 9.17) is 20.9 Å². The van der Waals surface area contributed by atoms with Crippen molar-refractivity contribution >= 4 is 17.3 Å². The first-order chi connectivity index (χ1) is 18.8. The fourth-order valence-corrected chi connectivity index (χ4v) is 3.20. The molecule has 0 unspecified atom stereocenters. The summed E-state index contributed by atoms with van der Waals surface area (Å²) in [6.07, 6.45) is 11.9. The molecule has 39 heavy (non-hydrogen) atoms. The normalized spacial score (nSPS) is 13.1. The van der Waals surface area contributed by atoms with E-state index in [1.807, 2.05) is 13.0 Å². The van der Waals surface area contributed by atoms with Crippen LogP contribution in [0.4, 0.5) is 17.3 Å². The average Bonchev–Trinajstić information content (AvgIpc) is 2.88. The highest BCUT2D eigenvalue weighted by Gasteiger charge is 2.12. The lowest BCUT2D eigenvalue weighted by molar-refractivity contribution is 0.172. The summed E-state index contributed by atoms with van der Waals surface area (Å²) >= 11 is 0. The van der Waals surface area contributed by atoms with Gasteiger partial charge in [-0.3, -0.25) is 0 Å². The van der Waals surface area contributed by atoms with Gasteiger partial charge in [0.2, 0.25) is 0 Å². The highest BCUT2D eigenvalue weighted by Crippen LogP contribution is 2.24. The number of anilines is 3. The van der Waals surface area contributed by atoms with Gasteiger partial charge in [-0.25, -0.2) is 0 Å². The number of likely N-dealkylation sites (tertiary alicyclic amines) is 1. The standard InChI is InChI=1S/C16H30N6O.C8H17N.C6H12O/c1-4-6-10-23-16-21-14(18)13(17)15(22-16)20-9-7-8-19-11-12(3)5-2;1-8(2)4-7-9-5-3-6-9;1-3-4-5-6-7-2/h5,19H,4,6-11,17H2,1-3H3,(H3,18,20,21,22);8H,3-7H2,1-2H3;3H,1,4-6H2,2H3/b12-5+;;. The van der Waals surface area contributed by atoms with E-state index >= 15 is 0 Å². The van der Waals surface area contributed by atoms with Crippen LogP contribution in [0.25, 0.3) is 0 Å². The summed E-state index contributed by atoms with van der Waals surface area (Å²) in [6.45, 7) is 22.4. The lowest BCUT2D eigenvalue weighted by Crippen LogP contribution is -2.38. The number of allylic oxidation sites excluding steroid dienone is 2. The molecule has 0 spiro atoms. The summed E-state index contributed by atoms with van der Waals surface area (Å²) in [5.74, 6) is 1.66. The van der Waals surface area contributed by atoms with Crippen LogP contribution >= 0.6 is 0 Å². The quantitative estimate of drug-likeness (QED) is 0.138. The summed E-state index contributed by atoms with van der Waals surface area (Å²) in [7, 11) is 1.71. The van der Waals surface area contributed by atoms with Gasteiger partial charge in [-0.1, -0.05) is 44.9 Å². The first-order valence-electron chi connectivity index (χ1n) is 14.7. The molecule has 1 aromatic rings. The van der Waals surface area contributed by atoms with Crippen LogP contribution < -0.4 is 26.8 Å². The SMILES string of the molecule is C/C=C(\C)CNCCCNc1nc(OCCCC)nc(N)c1N.C=CCCCOC.CC(C)CCN1CCC1. The smallest absolute Gasteiger partial charge is 0.320 e. The van der Waals surface area contributed by atoms with Gasteiger partial charge in [0, 0.05) is 26.8 Å². The highest BCUT2D eigenvalue weighted by atomic mass is 16.5. The molecule has 9 nitrogen and oxygen atoms in total. The molecule has 1 fully saturated rings. The fraction of sp³-hybridized carbons (Fsp3) is 0.733. The molecule has 0 aliphatic carbocycles. The van der Waals surface area contributed by atoms with E-state index in [1.54, 1.807) is 7.11 Å². The minimum atomic E-state index is 0.246. The van der Waals surface area contributed by atoms with Crippen molar-refractivity contribution in [2.24, 2.45) is 5.92 Å². The van der Waals surface area contributed by atoms with Gasteiger partial charge in [-0.05, 0) is 84.5 Å². The van der Waals surface area contributed by atoms with Gasteiger partial charge in [0.25, 0.3) is 0 Å². The van der Waals surface area contributed by atoms with Crippen molar-refractivity contribution in [2.75, 3.05) is 76.4 Å². The van der Waals surface area contributed by atoms with Crippen LogP contribution in [0.2, 0.25) is 0 Å². The number of aromatic nitrogens is 2. The third-order valence-electron chi connectivity index (χ3n) is 6.13. The Morgan fingerprint density at radius 2 is 1.87 bits per heavy atom. The molecule has 9 heteroatoms. The van der Waals surface area contributed by atoms with Crippen LogP contribution in [-0.2, 0) is 4.74 Å². The molecule has 0 bridgehead atoms. The number of ether oxygens (including phenoxy) is 2. The predicted octanol–water partition coefficient (Wildman–Crippen LogP) is 5.51. The second-order valence-electron chi connectivity index (χ2n) is 10.2. The number of rotatable bonds is 18. The number of nitrogens with two attached hydrogens (primary N) is 2. The Hall–Kier alpha value is -2.36. The topological polar surface area (TPSA) is 124 Å². The second kappa shape index (κ2) is 24.7. The zero-order valence-electron chi connectivity index (χ0n) is 25.9. The van der Waals surface area contributed by atoms with Crippen molar-refractivity contribution in [3.63, 3.8) is 0 Å². The molecule has 0 atom stereocenters. The molecule has 0 amide bonds. The zero-order valence-corrected chi connectivity index (χ0v) is 25.9. The number of nitrogens with one attached hydrogen (secondary N) is 2. The Bertz CT molecular complexity index is 768. The van der Waals surface area contributed by atoms with Crippen LogP contribution in [0.3, 0.4) is 0 Å². The van der Waals surface area contributed by atoms with Crippen molar-refractivity contribution in [2.45, 2.75) is 79.6 Å². The molecular formula is C30H59N7O2. The number of nitrogens with zero attached hydrogens (tertiary/aromatic N) is 3. The maximum Gasteiger partial charge on any atom is 0.320 e. The molecule has 226 valence electrons. The summed E-state index contributed by atoms with van der Waals surface area (Å²) in [5, 5.41) is 6.57. The summed E-state index contributed by atoms with van der Waals surface area (Å²) in [6, 6.07) is 0.273. The monoisotopic (exact) mass is 549 g/mol. The van der Waals surface area contributed by atoms with E-state index in [9.17, 15) is 0 Å². The highest BCUT2D eigenvalue weighted by molar-refractivity contribution is 5.73. The number of nitrogen functional groups attached to an aromatic ring is 2. The average molecular weight is 550 g/mol. The molecule has 6 N–H and O–H groups in total. The third kappa shape index (κ3) is 20.2. The van der Waals surface area contributed by atoms with Crippen molar-refractivity contribution < 1.29 is 9.47 Å². The van der Waals surface area contributed by atoms with Crippen LogP contribution in [0.1, 0.15) is 79.6 Å². The lowest BCUT2D eigenvalue weighted by Gasteiger charge is -2.31. The number of methoxy groups -OCH3 is 1. The minimum absolute atomic E-state index is 0.246. The van der Waals surface area contributed by atoms with E-state index in [1.165, 1.54) is 38.0 Å². The molecule has 0 saturated carbocycles. The first kappa shape index (κ1) is 36.6. The summed E-state index contributed by atoms with van der Waals surface area (Å²) in [4.78, 5) is 10.9. The Kier molecular flexibility index (Phi) is 23.2. The Balaban J connectivity index is 0.000000731. The van der Waals surface area contributed by atoms with E-state index in [-0.39, 0.29) is 11.8 Å². The molecular weight excluding hydrogens is 490 g/mol. The molecule has 1 aliphatic rings. The van der Waals surface area contributed by atoms with E-state index in [2.05, 4.69) is 65.9 Å². The van der Waals surface area contributed by atoms with Gasteiger partial charge >= 0.3 is 6.01 Å². The van der Waals surface area contributed by atoms with Crippen LogP contribution in [0.5, 0.6) is 6.01 Å². The van der Waals surface area contributed by atoms with Gasteiger partial charge in [0.15, 0.2) is 11.6 Å². The number of hydrogen-bond acceptors (Lipinski definition) is 9. The molecule has 0 aromatic carbocycles. The Morgan fingerprint density at radius 1 is 1.13 bits per heavy atom. The van der Waals surface area contributed by atoms with Crippen molar-refractivity contribution in [1.29, 1.82) is 0 Å². The molecule has 1 aromatic heterocycles. The van der Waals surface area contributed by atoms with Crippen molar-refractivity contribution in [1.82, 2.24) is 20.2 Å². The fourth-order valence-electron chi connectivity index (χ4n) is 3.20. The molecule has 1 saturated heterocycles. The Morgan fingerprint density at radius 3 is 2.44 bits per heavy atom. The number of hydrogen-bond donors (Lipinski definition) is 4. The summed E-state index contributed by atoms with van der Waals surface area (Å²) in [5.41, 5.74) is 13.4. The van der Waals surface area contributed by atoms with Gasteiger partial charge in [-0.2, -0.15) is 9.97 Å². The third-order valence-corrected chi connectivity index (χ3v) is 6.13. The zero-order chi connectivity index (χ0) is 29.3. The summed E-state index contributed by atoms with van der Waals surface area (Å²) < 4.78 is 10.3. The number of unbranched alkanes of at least 4 members (excludes halogenated alkanes) is 2. The minimum Gasteiger partial charge on any atom is -0.463 e. The maximum atomic E-state index is 5.91. The molecule has 1 aliphatic heterocycles. The van der Waals surface area contributed by atoms with Crippen LogP contribution in [0, 0.1) is 5.92 Å². The first-order valence-corrected chi connectivity index (χ1v) is 14.7.